The van der Waals surface area contributed by atoms with Crippen molar-refractivity contribution in [2.75, 3.05) is 0 Å². The van der Waals surface area contributed by atoms with Crippen LogP contribution in [0, 0.1) is 13.8 Å². The SMILES string of the molecule is Cc1ccccc1-c1cc(C(c2ccccc2)c2ccc3c(c2)Sc2c(Cl)cccc2C32c3ccccc3-c3cc(-c4ccc(C(c5ccccc5)c5ccc6sc7ccccc7c6c5-c5ccccc5)cc4)ccc32)cc(-c2ccccc2)c1C. The third-order valence-corrected chi connectivity index (χ3v) is 21.2. The van der Waals surface area contributed by atoms with Gasteiger partial charge in [-0.1, -0.05) is 278 Å². The topological polar surface area (TPSA) is 0 Å². The maximum atomic E-state index is 7.48. The number of aryl methyl sites for hydroxylation is 1. The van der Waals surface area contributed by atoms with Gasteiger partial charge in [0.2, 0.25) is 0 Å². The van der Waals surface area contributed by atoms with Gasteiger partial charge in [0.1, 0.15) is 0 Å². The van der Waals surface area contributed by atoms with E-state index in [4.69, 9.17) is 11.6 Å². The van der Waals surface area contributed by atoms with Gasteiger partial charge in [-0.2, -0.15) is 0 Å². The van der Waals surface area contributed by atoms with E-state index in [1.807, 2.05) is 23.1 Å². The molecule has 0 fully saturated rings. The Morgan fingerprint density at radius 3 is 1.69 bits per heavy atom. The highest BCUT2D eigenvalue weighted by atomic mass is 35.5. The normalized spacial score (nSPS) is 14.6. The molecule has 3 unspecified atom stereocenters. The van der Waals surface area contributed by atoms with Crippen LogP contribution < -0.4 is 0 Å². The Morgan fingerprint density at radius 2 is 0.930 bits per heavy atom. The first-order chi connectivity index (χ1) is 42.4. The van der Waals surface area contributed by atoms with E-state index in [2.05, 4.69) is 311 Å². The molecule has 2 aliphatic rings. The van der Waals surface area contributed by atoms with Crippen molar-refractivity contribution < 1.29 is 0 Å². The molecule has 0 nitrogen and oxygen atoms in total. The van der Waals surface area contributed by atoms with Crippen LogP contribution in [0.4, 0.5) is 0 Å². The summed E-state index contributed by atoms with van der Waals surface area (Å²) in [5, 5.41) is 3.41. The maximum absolute atomic E-state index is 7.48. The third kappa shape index (κ3) is 8.49. The van der Waals surface area contributed by atoms with Gasteiger partial charge >= 0.3 is 0 Å². The van der Waals surface area contributed by atoms with Gasteiger partial charge in [0.25, 0.3) is 0 Å². The van der Waals surface area contributed by atoms with E-state index >= 15 is 0 Å². The van der Waals surface area contributed by atoms with Crippen molar-refractivity contribution in [1.82, 2.24) is 0 Å². The van der Waals surface area contributed by atoms with Crippen LogP contribution in [0.5, 0.6) is 0 Å². The Balaban J connectivity index is 0.838. The summed E-state index contributed by atoms with van der Waals surface area (Å²) in [7, 11) is 0. The molecular formula is C83H57ClS2. The van der Waals surface area contributed by atoms with Crippen molar-refractivity contribution >= 4 is 54.9 Å². The first-order valence-corrected chi connectivity index (χ1v) is 31.7. The van der Waals surface area contributed by atoms with Gasteiger partial charge in [-0.15, -0.1) is 11.3 Å². The molecule has 86 heavy (non-hydrogen) atoms. The second kappa shape index (κ2) is 21.3. The summed E-state index contributed by atoms with van der Waals surface area (Å²) in [6.45, 7) is 4.52. The van der Waals surface area contributed by atoms with E-state index in [0.29, 0.717) is 0 Å². The Morgan fingerprint density at radius 1 is 0.349 bits per heavy atom. The molecule has 0 amide bonds. The summed E-state index contributed by atoms with van der Waals surface area (Å²) >= 11 is 11.2. The molecule has 1 aliphatic carbocycles. The minimum atomic E-state index is -0.619. The minimum absolute atomic E-state index is 0.00502. The quantitative estimate of drug-likeness (QED) is 0.123. The molecule has 16 rings (SSSR count). The van der Waals surface area contributed by atoms with Crippen molar-refractivity contribution in [3.63, 3.8) is 0 Å². The van der Waals surface area contributed by atoms with Crippen LogP contribution >= 0.6 is 34.7 Å². The molecule has 0 saturated carbocycles. The van der Waals surface area contributed by atoms with Crippen LogP contribution in [0.2, 0.25) is 5.02 Å². The fourth-order valence-electron chi connectivity index (χ4n) is 14.6. The standard InChI is InChI=1S/C83H57ClS2/c1-52-22-15-16-31-63(52)68-50-62(49-67(53(68)2)55-23-7-3-8-24-55)78(56-25-9-4-10-26-56)61-43-46-72-77(51-61)86-82-73(35-21-36-74(82)84)83(72)70-34-19-17-32-64(70)69-48-60(42-45-71(69)83)54-38-40-59(41-39-54)79(57-27-11-5-12-28-57)66-44-47-76-81(65-33-18-20-37-75(65)85-76)80(66)58-29-13-6-14-30-58/h3-51,78-79H,1-2H3. The first-order valence-electron chi connectivity index (χ1n) is 29.7. The van der Waals surface area contributed by atoms with E-state index in [1.54, 1.807) is 0 Å². The summed E-state index contributed by atoms with van der Waals surface area (Å²) in [5.74, 6) is -0.0675. The molecule has 0 bridgehead atoms. The molecular weight excluding hydrogens is 1100 g/mol. The highest BCUT2D eigenvalue weighted by Crippen LogP contribution is 2.64. The fraction of sp³-hybridized carbons (Fsp3) is 0.0602. The third-order valence-electron chi connectivity index (χ3n) is 18.4. The molecule has 2 heterocycles. The highest BCUT2D eigenvalue weighted by Gasteiger charge is 2.51. The monoisotopic (exact) mass is 1150 g/mol. The molecule has 0 radical (unpaired) electrons. The maximum Gasteiger partial charge on any atom is 0.0735 e. The molecule has 1 aliphatic heterocycles. The van der Waals surface area contributed by atoms with Gasteiger partial charge in [0.05, 0.1) is 10.4 Å². The van der Waals surface area contributed by atoms with Crippen LogP contribution in [0.15, 0.2) is 307 Å². The van der Waals surface area contributed by atoms with Gasteiger partial charge in [0, 0.05) is 41.8 Å². The van der Waals surface area contributed by atoms with E-state index in [-0.39, 0.29) is 11.8 Å². The average Bonchev–Trinajstić information content (AvgIpc) is 1.64. The zero-order valence-corrected chi connectivity index (χ0v) is 50.0. The van der Waals surface area contributed by atoms with Crippen LogP contribution in [0.3, 0.4) is 0 Å². The molecule has 1 spiro atoms. The lowest BCUT2D eigenvalue weighted by molar-refractivity contribution is 0.720. The smallest absolute Gasteiger partial charge is 0.0735 e. The predicted molar refractivity (Wildman–Crippen MR) is 365 cm³/mol. The summed E-state index contributed by atoms with van der Waals surface area (Å²) in [5.41, 5.74) is 26.9. The van der Waals surface area contributed by atoms with Gasteiger partial charge in [0.15, 0.2) is 0 Å². The number of thiophene rings is 1. The molecule has 13 aromatic carbocycles. The summed E-state index contributed by atoms with van der Waals surface area (Å²) in [4.78, 5) is 2.33. The average molecular weight is 1150 g/mol. The lowest BCUT2D eigenvalue weighted by Crippen LogP contribution is -2.32. The van der Waals surface area contributed by atoms with E-state index in [0.717, 1.165) is 9.92 Å². The number of hydrogen-bond donors (Lipinski definition) is 0. The first kappa shape index (κ1) is 52.3. The summed E-state index contributed by atoms with van der Waals surface area (Å²) < 4.78 is 2.62. The number of benzene rings is 13. The predicted octanol–water partition coefficient (Wildman–Crippen LogP) is 23.2. The molecule has 14 aromatic rings. The van der Waals surface area contributed by atoms with Gasteiger partial charge in [-0.25, -0.2) is 0 Å². The van der Waals surface area contributed by atoms with Crippen molar-refractivity contribution in [2.24, 2.45) is 0 Å². The minimum Gasteiger partial charge on any atom is -0.135 e. The second-order valence-electron chi connectivity index (χ2n) is 23.1. The van der Waals surface area contributed by atoms with Gasteiger partial charge in [-0.3, -0.25) is 0 Å². The van der Waals surface area contributed by atoms with Crippen molar-refractivity contribution in [1.29, 1.82) is 0 Å². The summed E-state index contributed by atoms with van der Waals surface area (Å²) in [6.07, 6.45) is 0. The van der Waals surface area contributed by atoms with Crippen molar-refractivity contribution in [2.45, 2.75) is 40.9 Å². The van der Waals surface area contributed by atoms with E-state index in [9.17, 15) is 0 Å². The molecule has 3 heteroatoms. The fourth-order valence-corrected chi connectivity index (χ4v) is 17.2. The Kier molecular flexibility index (Phi) is 13.0. The summed E-state index contributed by atoms with van der Waals surface area (Å²) in [6, 6.07) is 111. The van der Waals surface area contributed by atoms with Crippen molar-refractivity contribution in [3.05, 3.63) is 369 Å². The van der Waals surface area contributed by atoms with Crippen LogP contribution in [0.1, 0.15) is 78.6 Å². The Bertz CT molecular complexity index is 4930. The lowest BCUT2D eigenvalue weighted by Gasteiger charge is -2.40. The van der Waals surface area contributed by atoms with Crippen molar-refractivity contribution in [3.8, 4) is 55.6 Å². The number of rotatable bonds is 10. The van der Waals surface area contributed by atoms with E-state index < -0.39 is 5.41 Å². The number of halogens is 1. The van der Waals surface area contributed by atoms with Gasteiger partial charge < -0.3 is 0 Å². The number of hydrogen-bond acceptors (Lipinski definition) is 2. The molecule has 0 N–H and O–H groups in total. The molecule has 408 valence electrons. The number of fused-ring (bicyclic) bond motifs is 12. The highest BCUT2D eigenvalue weighted by molar-refractivity contribution is 7.99. The molecule has 3 atom stereocenters. The zero-order chi connectivity index (χ0) is 57.5. The van der Waals surface area contributed by atoms with E-state index in [1.165, 1.54) is 147 Å². The van der Waals surface area contributed by atoms with Crippen LogP contribution in [0.25, 0.3) is 75.8 Å². The molecule has 0 saturated heterocycles. The lowest BCUT2D eigenvalue weighted by atomic mass is 9.67. The molecule has 1 aromatic heterocycles. The van der Waals surface area contributed by atoms with Crippen LogP contribution in [-0.2, 0) is 5.41 Å². The Hall–Kier alpha value is -9.28. The zero-order valence-electron chi connectivity index (χ0n) is 47.6. The Labute approximate surface area is 516 Å². The van der Waals surface area contributed by atoms with Gasteiger partial charge in [-0.05, 0) is 179 Å². The second-order valence-corrected chi connectivity index (χ2v) is 25.7. The largest absolute Gasteiger partial charge is 0.135 e. The van der Waals surface area contributed by atoms with Crippen LogP contribution in [-0.4, -0.2) is 0 Å².